The third kappa shape index (κ3) is 4.60. The zero-order chi connectivity index (χ0) is 23.7. The van der Waals surface area contributed by atoms with Crippen molar-refractivity contribution in [1.82, 2.24) is 14.7 Å². The van der Waals surface area contributed by atoms with E-state index in [2.05, 4.69) is 43.3 Å². The van der Waals surface area contributed by atoms with Gasteiger partial charge in [0.25, 0.3) is 5.91 Å². The molecule has 5 rings (SSSR count). The minimum absolute atomic E-state index is 0.0714. The van der Waals surface area contributed by atoms with Crippen molar-refractivity contribution < 1.29 is 4.79 Å². The molecule has 6 heteroatoms. The molecule has 1 amide bonds. The second-order valence-corrected chi connectivity index (χ2v) is 10.0. The normalized spacial score (nSPS) is 14.9. The fraction of sp³-hybridized carbons (Fsp3) is 0.107. The topological polar surface area (TPSA) is 38.1 Å². The largest absolute Gasteiger partial charge is 0.288 e. The molecule has 4 nitrogen and oxygen atoms in total. The number of benzene rings is 3. The van der Waals surface area contributed by atoms with Crippen molar-refractivity contribution in [3.05, 3.63) is 112 Å². The molecule has 3 aromatic carbocycles. The molecule has 1 aliphatic heterocycles. The number of para-hydroxylation sites is 1. The lowest BCUT2D eigenvalue weighted by Crippen LogP contribution is -2.27. The quantitative estimate of drug-likeness (QED) is 0.239. The van der Waals surface area contributed by atoms with E-state index in [1.165, 1.54) is 22.9 Å². The first-order chi connectivity index (χ1) is 16.5. The molecule has 0 atom stereocenters. The van der Waals surface area contributed by atoms with Crippen molar-refractivity contribution in [1.29, 1.82) is 0 Å². The summed E-state index contributed by atoms with van der Waals surface area (Å²) >= 11 is 6.91. The Morgan fingerprint density at radius 1 is 0.912 bits per heavy atom. The average molecular weight is 482 g/mol. The molecule has 0 spiro atoms. The summed E-state index contributed by atoms with van der Waals surface area (Å²) in [4.78, 5) is 15.6. The number of thiocarbonyl (C=S) groups is 1. The van der Waals surface area contributed by atoms with Gasteiger partial charge < -0.3 is 0 Å². The summed E-state index contributed by atoms with van der Waals surface area (Å²) in [6, 6.07) is 26.4. The van der Waals surface area contributed by atoms with Crippen LogP contribution in [0.2, 0.25) is 0 Å². The maximum absolute atomic E-state index is 13.3. The fourth-order valence-corrected chi connectivity index (χ4v) is 5.04. The Morgan fingerprint density at radius 2 is 1.56 bits per heavy atom. The molecule has 1 saturated heterocycles. The number of hydrogen-bond acceptors (Lipinski definition) is 4. The van der Waals surface area contributed by atoms with E-state index in [-0.39, 0.29) is 5.91 Å². The molecule has 1 fully saturated rings. The molecule has 0 radical (unpaired) electrons. The highest BCUT2D eigenvalue weighted by atomic mass is 32.2. The maximum atomic E-state index is 13.3. The molecular weight excluding hydrogens is 458 g/mol. The van der Waals surface area contributed by atoms with Gasteiger partial charge in [0.15, 0.2) is 0 Å². The van der Waals surface area contributed by atoms with Crippen molar-refractivity contribution in [3.63, 3.8) is 0 Å². The smallest absolute Gasteiger partial charge is 0.266 e. The number of thioether (sulfide) groups is 1. The molecule has 1 aromatic heterocycles. The summed E-state index contributed by atoms with van der Waals surface area (Å²) in [5, 5.41) is 4.87. The van der Waals surface area contributed by atoms with E-state index in [9.17, 15) is 4.79 Å². The van der Waals surface area contributed by atoms with E-state index < -0.39 is 0 Å². The molecule has 34 heavy (non-hydrogen) atoms. The number of amides is 1. The zero-order valence-electron chi connectivity index (χ0n) is 18.9. The molecule has 1 aliphatic rings. The van der Waals surface area contributed by atoms with Crippen LogP contribution >= 0.6 is 24.0 Å². The lowest BCUT2D eigenvalue weighted by Gasteiger charge is -2.14. The second kappa shape index (κ2) is 9.41. The van der Waals surface area contributed by atoms with Crippen LogP contribution in [0.4, 0.5) is 0 Å². The summed E-state index contributed by atoms with van der Waals surface area (Å²) in [5.41, 5.74) is 7.10. The maximum Gasteiger partial charge on any atom is 0.266 e. The van der Waals surface area contributed by atoms with Gasteiger partial charge in [-0.15, -0.1) is 0 Å². The Morgan fingerprint density at radius 3 is 2.24 bits per heavy atom. The first-order valence-electron chi connectivity index (χ1n) is 11.0. The molecule has 0 unspecified atom stereocenters. The standard InChI is InChI=1S/C28H23N3OS2/c1-19-8-12-21(13-9-19)17-30-27(32)25(34-28(30)33)16-23-18-31(24-6-4-3-5-7-24)29-26(23)22-14-10-20(2)11-15-22/h3-16,18H,17H2,1-2H3/b25-16+. The van der Waals surface area contributed by atoms with Gasteiger partial charge in [-0.2, -0.15) is 5.10 Å². The highest BCUT2D eigenvalue weighted by Gasteiger charge is 2.32. The van der Waals surface area contributed by atoms with Crippen LogP contribution < -0.4 is 0 Å². The van der Waals surface area contributed by atoms with Crippen molar-refractivity contribution in [2.75, 3.05) is 0 Å². The molecule has 4 aromatic rings. The summed E-state index contributed by atoms with van der Waals surface area (Å²) in [5.74, 6) is -0.0714. The Kier molecular flexibility index (Phi) is 6.18. The van der Waals surface area contributed by atoms with Crippen molar-refractivity contribution in [3.8, 4) is 16.9 Å². The minimum Gasteiger partial charge on any atom is -0.288 e. The van der Waals surface area contributed by atoms with Gasteiger partial charge in [0.1, 0.15) is 4.32 Å². The van der Waals surface area contributed by atoms with Crippen LogP contribution in [0.15, 0.2) is 90.0 Å². The highest BCUT2D eigenvalue weighted by molar-refractivity contribution is 8.26. The number of nitrogens with zero attached hydrogens (tertiary/aromatic N) is 3. The van der Waals surface area contributed by atoms with E-state index in [0.717, 1.165) is 28.1 Å². The predicted octanol–water partition coefficient (Wildman–Crippen LogP) is 6.56. The summed E-state index contributed by atoms with van der Waals surface area (Å²) < 4.78 is 2.43. The number of carbonyl (C=O) groups is 1. The van der Waals surface area contributed by atoms with E-state index in [1.807, 2.05) is 66.3 Å². The van der Waals surface area contributed by atoms with Crippen LogP contribution in [0, 0.1) is 13.8 Å². The van der Waals surface area contributed by atoms with Crippen LogP contribution in [0.1, 0.15) is 22.3 Å². The molecule has 0 saturated carbocycles. The van der Waals surface area contributed by atoms with E-state index in [0.29, 0.717) is 15.8 Å². The van der Waals surface area contributed by atoms with Gasteiger partial charge >= 0.3 is 0 Å². The molecule has 0 bridgehead atoms. The van der Waals surface area contributed by atoms with Gasteiger partial charge in [0.2, 0.25) is 0 Å². The molecule has 168 valence electrons. The summed E-state index contributed by atoms with van der Waals surface area (Å²) in [6.07, 6.45) is 3.88. The van der Waals surface area contributed by atoms with Crippen molar-refractivity contribution in [2.24, 2.45) is 0 Å². The number of aromatic nitrogens is 2. The van der Waals surface area contributed by atoms with E-state index >= 15 is 0 Å². The van der Waals surface area contributed by atoms with Crippen molar-refractivity contribution >= 4 is 40.3 Å². The van der Waals surface area contributed by atoms with Gasteiger partial charge in [-0.1, -0.05) is 102 Å². The summed E-state index contributed by atoms with van der Waals surface area (Å²) in [6.45, 7) is 4.58. The lowest BCUT2D eigenvalue weighted by atomic mass is 10.1. The fourth-order valence-electron chi connectivity index (χ4n) is 3.80. The molecule has 2 heterocycles. The Balaban J connectivity index is 1.51. The average Bonchev–Trinajstić information content (AvgIpc) is 3.38. The van der Waals surface area contributed by atoms with Crippen LogP contribution in [0.3, 0.4) is 0 Å². The van der Waals surface area contributed by atoms with Gasteiger partial charge in [-0.25, -0.2) is 4.68 Å². The van der Waals surface area contributed by atoms with Crippen LogP contribution in [0.25, 0.3) is 23.0 Å². The van der Waals surface area contributed by atoms with Gasteiger partial charge in [-0.05, 0) is 37.6 Å². The highest BCUT2D eigenvalue weighted by Crippen LogP contribution is 2.35. The lowest BCUT2D eigenvalue weighted by molar-refractivity contribution is -0.122. The van der Waals surface area contributed by atoms with Gasteiger partial charge in [0, 0.05) is 17.3 Å². The Labute approximate surface area is 208 Å². The number of hydrogen-bond donors (Lipinski definition) is 0. The third-order valence-corrected chi connectivity index (χ3v) is 7.09. The molecule has 0 aliphatic carbocycles. The number of rotatable bonds is 5. The number of carbonyl (C=O) groups excluding carboxylic acids is 1. The predicted molar refractivity (Wildman–Crippen MR) is 144 cm³/mol. The number of aryl methyl sites for hydroxylation is 2. The monoisotopic (exact) mass is 481 g/mol. The van der Waals surface area contributed by atoms with Crippen molar-refractivity contribution in [2.45, 2.75) is 20.4 Å². The van der Waals surface area contributed by atoms with E-state index in [1.54, 1.807) is 4.90 Å². The SMILES string of the molecule is Cc1ccc(CN2C(=O)/C(=C\c3cn(-c4ccccc4)nc3-c3ccc(C)cc3)SC2=S)cc1. The minimum atomic E-state index is -0.0714. The van der Waals surface area contributed by atoms with Gasteiger partial charge in [0.05, 0.1) is 22.8 Å². The second-order valence-electron chi connectivity index (χ2n) is 8.33. The van der Waals surface area contributed by atoms with Crippen LogP contribution in [-0.4, -0.2) is 24.9 Å². The first kappa shape index (κ1) is 22.3. The molecular formula is C28H23N3OS2. The van der Waals surface area contributed by atoms with E-state index in [4.69, 9.17) is 17.3 Å². The third-order valence-electron chi connectivity index (χ3n) is 5.71. The Hall–Kier alpha value is -3.48. The summed E-state index contributed by atoms with van der Waals surface area (Å²) in [7, 11) is 0. The van der Waals surface area contributed by atoms with Crippen LogP contribution in [0.5, 0.6) is 0 Å². The van der Waals surface area contributed by atoms with Crippen LogP contribution in [-0.2, 0) is 11.3 Å². The zero-order valence-corrected chi connectivity index (χ0v) is 20.6. The first-order valence-corrected chi connectivity index (χ1v) is 12.2. The Bertz CT molecular complexity index is 1390. The van der Waals surface area contributed by atoms with Gasteiger partial charge in [-0.3, -0.25) is 9.69 Å². The molecule has 0 N–H and O–H groups in total.